The Bertz CT molecular complexity index is 249. The lowest BCUT2D eigenvalue weighted by molar-refractivity contribution is 0.0889. The van der Waals surface area contributed by atoms with Crippen molar-refractivity contribution in [1.29, 1.82) is 0 Å². The first-order valence-corrected chi connectivity index (χ1v) is 5.48. The van der Waals surface area contributed by atoms with Gasteiger partial charge in [-0.15, -0.1) is 0 Å². The molecule has 1 aromatic carbocycles. The van der Waals surface area contributed by atoms with Crippen LogP contribution in [0.25, 0.3) is 0 Å². The van der Waals surface area contributed by atoms with E-state index in [2.05, 4.69) is 18.2 Å². The Labute approximate surface area is 86.1 Å². The summed E-state index contributed by atoms with van der Waals surface area (Å²) in [5, 5.41) is 0. The van der Waals surface area contributed by atoms with Gasteiger partial charge in [0, 0.05) is 6.61 Å². The van der Waals surface area contributed by atoms with E-state index in [1.807, 2.05) is 12.1 Å². The van der Waals surface area contributed by atoms with Crippen LogP contribution in [0.3, 0.4) is 0 Å². The Hall–Kier alpha value is -0.820. The van der Waals surface area contributed by atoms with Crippen LogP contribution in [0.1, 0.15) is 31.2 Å². The van der Waals surface area contributed by atoms with Crippen LogP contribution >= 0.6 is 0 Å². The normalized spacial score (nSPS) is 17.4. The zero-order valence-electron chi connectivity index (χ0n) is 8.54. The molecule has 0 unspecified atom stereocenters. The van der Waals surface area contributed by atoms with Crippen LogP contribution in [-0.4, -0.2) is 6.61 Å². The zero-order valence-corrected chi connectivity index (χ0v) is 8.54. The van der Waals surface area contributed by atoms with Crippen molar-refractivity contribution in [1.82, 2.24) is 0 Å². The number of rotatable bonds is 4. The number of benzene rings is 1. The van der Waals surface area contributed by atoms with E-state index in [1.165, 1.54) is 31.2 Å². The van der Waals surface area contributed by atoms with Crippen molar-refractivity contribution in [2.24, 2.45) is 5.92 Å². The molecule has 0 heterocycles. The van der Waals surface area contributed by atoms with Crippen LogP contribution in [-0.2, 0) is 11.3 Å². The summed E-state index contributed by atoms with van der Waals surface area (Å²) in [5.74, 6) is 0.824. The van der Waals surface area contributed by atoms with E-state index in [9.17, 15) is 0 Å². The molecule has 0 saturated heterocycles. The van der Waals surface area contributed by atoms with Crippen molar-refractivity contribution in [3.63, 3.8) is 0 Å². The molecule has 1 nitrogen and oxygen atoms in total. The molecule has 1 heteroatoms. The fourth-order valence-electron chi connectivity index (χ4n) is 2.04. The zero-order chi connectivity index (χ0) is 9.64. The Morgan fingerprint density at radius 3 is 2.64 bits per heavy atom. The largest absolute Gasteiger partial charge is 0.376 e. The smallest absolute Gasteiger partial charge is 0.0717 e. The first-order chi connectivity index (χ1) is 6.95. The predicted octanol–water partition coefficient (Wildman–Crippen LogP) is 3.19. The van der Waals surface area contributed by atoms with Crippen LogP contribution < -0.4 is 0 Å². The first kappa shape index (κ1) is 9.72. The standard InChI is InChI=1S/C13H17O/c1-2-6-12(7-3-1)10-14-11-13-8-4-5-9-13/h2-3,6-7,13H,4-5,8-11H2. The molecule has 0 aliphatic heterocycles. The molecular weight excluding hydrogens is 172 g/mol. The van der Waals surface area contributed by atoms with Crippen molar-refractivity contribution in [3.8, 4) is 0 Å². The highest BCUT2D eigenvalue weighted by Crippen LogP contribution is 2.24. The van der Waals surface area contributed by atoms with E-state index in [-0.39, 0.29) is 0 Å². The quantitative estimate of drug-likeness (QED) is 0.706. The Morgan fingerprint density at radius 2 is 1.93 bits per heavy atom. The first-order valence-electron chi connectivity index (χ1n) is 5.48. The second kappa shape index (κ2) is 5.16. The summed E-state index contributed by atoms with van der Waals surface area (Å²) in [7, 11) is 0. The van der Waals surface area contributed by atoms with E-state index < -0.39 is 0 Å². The SMILES string of the molecule is [c]1ccc(COCC2CCCC2)cc1. The van der Waals surface area contributed by atoms with Gasteiger partial charge in [0.25, 0.3) is 0 Å². The van der Waals surface area contributed by atoms with E-state index in [4.69, 9.17) is 4.74 Å². The molecule has 1 aliphatic carbocycles. The highest BCUT2D eigenvalue weighted by Gasteiger charge is 2.14. The van der Waals surface area contributed by atoms with E-state index >= 15 is 0 Å². The van der Waals surface area contributed by atoms with E-state index in [0.29, 0.717) is 0 Å². The summed E-state index contributed by atoms with van der Waals surface area (Å²) in [6.45, 7) is 1.70. The number of ether oxygens (including phenoxy) is 1. The third kappa shape index (κ3) is 2.85. The van der Waals surface area contributed by atoms with Gasteiger partial charge in [-0.2, -0.15) is 0 Å². The second-order valence-corrected chi connectivity index (χ2v) is 4.07. The van der Waals surface area contributed by atoms with Gasteiger partial charge >= 0.3 is 0 Å². The number of hydrogen-bond donors (Lipinski definition) is 0. The highest BCUT2D eigenvalue weighted by atomic mass is 16.5. The molecule has 0 bridgehead atoms. The lowest BCUT2D eigenvalue weighted by atomic mass is 10.1. The maximum Gasteiger partial charge on any atom is 0.0717 e. The summed E-state index contributed by atoms with van der Waals surface area (Å²) >= 11 is 0. The van der Waals surface area contributed by atoms with E-state index in [1.54, 1.807) is 0 Å². The minimum absolute atomic E-state index is 0.755. The van der Waals surface area contributed by atoms with Gasteiger partial charge in [-0.05, 0) is 30.4 Å². The van der Waals surface area contributed by atoms with Crippen molar-refractivity contribution >= 4 is 0 Å². The summed E-state index contributed by atoms with van der Waals surface area (Å²) in [6.07, 6.45) is 5.52. The molecule has 1 aliphatic rings. The van der Waals surface area contributed by atoms with Gasteiger partial charge in [0.05, 0.1) is 6.61 Å². The van der Waals surface area contributed by atoms with Crippen molar-refractivity contribution in [2.45, 2.75) is 32.3 Å². The average Bonchev–Trinajstić information content (AvgIpc) is 2.72. The van der Waals surface area contributed by atoms with Gasteiger partial charge in [-0.3, -0.25) is 0 Å². The van der Waals surface area contributed by atoms with Crippen LogP contribution in [0, 0.1) is 12.0 Å². The Kier molecular flexibility index (Phi) is 3.58. The lowest BCUT2D eigenvalue weighted by Crippen LogP contribution is -2.05. The van der Waals surface area contributed by atoms with Crippen LogP contribution in [0.2, 0.25) is 0 Å². The fraction of sp³-hybridized carbons (Fsp3) is 0.538. The molecule has 0 aromatic heterocycles. The van der Waals surface area contributed by atoms with Gasteiger partial charge in [0.2, 0.25) is 0 Å². The molecule has 0 amide bonds. The summed E-state index contributed by atoms with van der Waals surface area (Å²) in [4.78, 5) is 0. The second-order valence-electron chi connectivity index (χ2n) is 4.07. The average molecular weight is 189 g/mol. The Balaban J connectivity index is 1.67. The number of hydrogen-bond acceptors (Lipinski definition) is 1. The minimum Gasteiger partial charge on any atom is -0.376 e. The Morgan fingerprint density at radius 1 is 1.21 bits per heavy atom. The lowest BCUT2D eigenvalue weighted by Gasteiger charge is -2.09. The van der Waals surface area contributed by atoms with Crippen molar-refractivity contribution in [2.75, 3.05) is 6.61 Å². The van der Waals surface area contributed by atoms with Gasteiger partial charge < -0.3 is 4.74 Å². The van der Waals surface area contributed by atoms with Crippen LogP contribution in [0.4, 0.5) is 0 Å². The van der Waals surface area contributed by atoms with Gasteiger partial charge in [-0.1, -0.05) is 37.1 Å². The molecule has 0 N–H and O–H groups in total. The molecule has 1 saturated carbocycles. The van der Waals surface area contributed by atoms with Crippen molar-refractivity contribution < 1.29 is 4.74 Å². The predicted molar refractivity (Wildman–Crippen MR) is 56.9 cm³/mol. The molecule has 0 atom stereocenters. The third-order valence-corrected chi connectivity index (χ3v) is 2.88. The highest BCUT2D eigenvalue weighted by molar-refractivity contribution is 5.12. The molecular formula is C13H17O. The van der Waals surface area contributed by atoms with Gasteiger partial charge in [-0.25, -0.2) is 0 Å². The molecule has 0 spiro atoms. The van der Waals surface area contributed by atoms with E-state index in [0.717, 1.165) is 19.1 Å². The van der Waals surface area contributed by atoms with Gasteiger partial charge in [0.1, 0.15) is 0 Å². The summed E-state index contributed by atoms with van der Waals surface area (Å²) < 4.78 is 5.69. The van der Waals surface area contributed by atoms with Crippen LogP contribution in [0.15, 0.2) is 24.3 Å². The third-order valence-electron chi connectivity index (χ3n) is 2.88. The maximum absolute atomic E-state index is 5.69. The molecule has 1 fully saturated rings. The molecule has 75 valence electrons. The molecule has 1 aromatic rings. The summed E-state index contributed by atoms with van der Waals surface area (Å²) in [6, 6.07) is 11.0. The monoisotopic (exact) mass is 189 g/mol. The summed E-state index contributed by atoms with van der Waals surface area (Å²) in [5.41, 5.74) is 1.25. The molecule has 2 rings (SSSR count). The van der Waals surface area contributed by atoms with Crippen molar-refractivity contribution in [3.05, 3.63) is 35.9 Å². The topological polar surface area (TPSA) is 9.23 Å². The van der Waals surface area contributed by atoms with Crippen LogP contribution in [0.5, 0.6) is 0 Å². The maximum atomic E-state index is 5.69. The van der Waals surface area contributed by atoms with Gasteiger partial charge in [0.15, 0.2) is 0 Å². The minimum atomic E-state index is 0.755. The fourth-order valence-corrected chi connectivity index (χ4v) is 2.04. The molecule has 14 heavy (non-hydrogen) atoms. The molecule has 1 radical (unpaired) electrons.